The molecule has 0 aromatic rings. The van der Waals surface area contributed by atoms with E-state index in [2.05, 4.69) is 11.8 Å². The first kappa shape index (κ1) is 18.3. The van der Waals surface area contributed by atoms with E-state index in [9.17, 15) is 0 Å². The van der Waals surface area contributed by atoms with Gasteiger partial charge in [-0.2, -0.15) is 0 Å². The van der Waals surface area contributed by atoms with E-state index >= 15 is 0 Å². The number of hydrogen-bond acceptors (Lipinski definition) is 1. The SMILES string of the molecule is COC(C)(C)C#CCC1CC2(Cl)C(Cl)=C(Cl)C1(Cl)C2(Cl)Cl. The third-order valence-electron chi connectivity index (χ3n) is 4.15. The summed E-state index contributed by atoms with van der Waals surface area (Å²) in [5.74, 6) is 5.89. The van der Waals surface area contributed by atoms with Crippen LogP contribution in [-0.2, 0) is 4.74 Å². The number of hydrogen-bond donors (Lipinski definition) is 0. The summed E-state index contributed by atoms with van der Waals surface area (Å²) in [7, 11) is 1.60. The van der Waals surface area contributed by atoms with Crippen molar-refractivity contribution in [2.45, 2.75) is 46.4 Å². The van der Waals surface area contributed by atoms with Gasteiger partial charge in [0.15, 0.2) is 4.33 Å². The summed E-state index contributed by atoms with van der Waals surface area (Å²) in [5.41, 5.74) is -0.536. The number of rotatable bonds is 2. The third-order valence-corrected chi connectivity index (χ3v) is 8.48. The minimum atomic E-state index is -1.47. The van der Waals surface area contributed by atoms with Gasteiger partial charge in [-0.3, -0.25) is 0 Å². The minimum absolute atomic E-state index is 0.193. The van der Waals surface area contributed by atoms with Gasteiger partial charge in [0.05, 0.1) is 10.1 Å². The molecule has 1 fully saturated rings. The zero-order valence-corrected chi connectivity index (χ0v) is 16.2. The molecule has 0 spiro atoms. The molecule has 0 radical (unpaired) electrons. The molecule has 3 unspecified atom stereocenters. The first-order chi connectivity index (χ1) is 9.44. The summed E-state index contributed by atoms with van der Waals surface area (Å²) in [6, 6.07) is 0. The lowest BCUT2D eigenvalue weighted by Gasteiger charge is -2.33. The van der Waals surface area contributed by atoms with E-state index in [1.807, 2.05) is 13.8 Å². The summed E-state index contributed by atoms with van der Waals surface area (Å²) in [4.78, 5) is -2.39. The van der Waals surface area contributed by atoms with E-state index in [4.69, 9.17) is 74.3 Å². The molecule has 2 bridgehead atoms. The molecule has 2 rings (SSSR count). The van der Waals surface area contributed by atoms with Crippen molar-refractivity contribution in [2.24, 2.45) is 5.92 Å². The Morgan fingerprint density at radius 2 is 1.76 bits per heavy atom. The smallest absolute Gasteiger partial charge is 0.166 e. The number of halogens is 6. The maximum atomic E-state index is 6.65. The van der Waals surface area contributed by atoms with Crippen molar-refractivity contribution in [3.05, 3.63) is 10.1 Å². The molecule has 0 aliphatic heterocycles. The van der Waals surface area contributed by atoms with Gasteiger partial charge in [-0.1, -0.05) is 58.2 Å². The topological polar surface area (TPSA) is 9.23 Å². The molecule has 2 aliphatic rings. The van der Waals surface area contributed by atoms with Crippen LogP contribution in [0.1, 0.15) is 26.7 Å². The van der Waals surface area contributed by atoms with Crippen LogP contribution < -0.4 is 0 Å². The molecule has 1 nitrogen and oxygen atoms in total. The predicted molar refractivity (Wildman–Crippen MR) is 91.9 cm³/mol. The highest BCUT2D eigenvalue weighted by Gasteiger charge is 2.78. The van der Waals surface area contributed by atoms with Crippen molar-refractivity contribution in [1.29, 1.82) is 0 Å². The molecule has 21 heavy (non-hydrogen) atoms. The second-order valence-corrected chi connectivity index (χ2v) is 9.16. The average molecular weight is 411 g/mol. The lowest BCUT2D eigenvalue weighted by Crippen LogP contribution is -2.44. The Morgan fingerprint density at radius 1 is 1.19 bits per heavy atom. The summed E-state index contributed by atoms with van der Waals surface area (Å²) in [6.45, 7) is 3.74. The molecular formula is C14H14Cl6O. The Morgan fingerprint density at radius 3 is 2.19 bits per heavy atom. The lowest BCUT2D eigenvalue weighted by molar-refractivity contribution is 0.0740. The molecule has 0 aromatic carbocycles. The van der Waals surface area contributed by atoms with E-state index in [1.54, 1.807) is 7.11 Å². The van der Waals surface area contributed by atoms with Crippen molar-refractivity contribution in [1.82, 2.24) is 0 Å². The Labute approximate surface area is 155 Å². The van der Waals surface area contributed by atoms with E-state index in [0.29, 0.717) is 12.8 Å². The fraction of sp³-hybridized carbons (Fsp3) is 0.714. The van der Waals surface area contributed by atoms with Crippen LogP contribution in [0.3, 0.4) is 0 Å². The molecule has 7 heteroatoms. The van der Waals surface area contributed by atoms with Crippen LogP contribution in [-0.4, -0.2) is 26.8 Å². The van der Waals surface area contributed by atoms with E-state index in [-0.39, 0.29) is 16.0 Å². The number of allylic oxidation sites excluding steroid dienone is 2. The van der Waals surface area contributed by atoms with Crippen molar-refractivity contribution >= 4 is 69.6 Å². The van der Waals surface area contributed by atoms with Crippen LogP contribution in [0.5, 0.6) is 0 Å². The van der Waals surface area contributed by atoms with Crippen molar-refractivity contribution in [3.8, 4) is 11.8 Å². The van der Waals surface area contributed by atoms with Gasteiger partial charge in [0.25, 0.3) is 0 Å². The van der Waals surface area contributed by atoms with Crippen LogP contribution in [0.2, 0.25) is 0 Å². The molecule has 0 amide bonds. The Kier molecular flexibility index (Phi) is 4.82. The summed E-state index contributed by atoms with van der Waals surface area (Å²) in [5, 5.41) is 0.446. The minimum Gasteiger partial charge on any atom is -0.366 e. The van der Waals surface area contributed by atoms with Gasteiger partial charge in [-0.25, -0.2) is 0 Å². The van der Waals surface area contributed by atoms with Gasteiger partial charge in [-0.15, -0.1) is 23.2 Å². The van der Waals surface area contributed by atoms with Crippen molar-refractivity contribution in [2.75, 3.05) is 7.11 Å². The molecule has 2 aliphatic carbocycles. The number of fused-ring (bicyclic) bond motifs is 2. The van der Waals surface area contributed by atoms with Crippen molar-refractivity contribution < 1.29 is 4.74 Å². The normalized spacial score (nSPS) is 37.7. The average Bonchev–Trinajstić information content (AvgIpc) is 2.61. The lowest BCUT2D eigenvalue weighted by atomic mass is 9.89. The standard InChI is InChI=1S/C14H14Cl6O/c1-11(2,21-3)6-4-5-8-7-12(17)9(15)10(16)13(8,18)14(12,19)20/h8H,5,7H2,1-3H3. The Hall–Kier alpha value is 1.00. The molecule has 1 saturated carbocycles. The fourth-order valence-electron chi connectivity index (χ4n) is 2.68. The van der Waals surface area contributed by atoms with E-state index < -0.39 is 19.7 Å². The second kappa shape index (κ2) is 5.52. The monoisotopic (exact) mass is 408 g/mol. The maximum absolute atomic E-state index is 6.65. The van der Waals surface area contributed by atoms with Crippen LogP contribution >= 0.6 is 69.6 Å². The summed E-state index contributed by atoms with van der Waals surface area (Å²) < 4.78 is 3.78. The van der Waals surface area contributed by atoms with Crippen LogP contribution in [0, 0.1) is 17.8 Å². The Bertz CT molecular complexity index is 558. The largest absolute Gasteiger partial charge is 0.366 e. The number of ether oxygens (including phenoxy) is 1. The van der Waals surface area contributed by atoms with Gasteiger partial charge < -0.3 is 4.74 Å². The van der Waals surface area contributed by atoms with Crippen LogP contribution in [0.15, 0.2) is 10.1 Å². The highest BCUT2D eigenvalue weighted by atomic mass is 35.5. The van der Waals surface area contributed by atoms with E-state index in [1.165, 1.54) is 0 Å². The zero-order valence-electron chi connectivity index (χ0n) is 11.7. The number of methoxy groups -OCH3 is 1. The predicted octanol–water partition coefficient (Wildman–Crippen LogP) is 5.66. The quantitative estimate of drug-likeness (QED) is 0.421. The molecule has 3 atom stereocenters. The summed E-state index contributed by atoms with van der Waals surface area (Å²) in [6.07, 6.45) is 0.870. The molecule has 0 saturated heterocycles. The highest BCUT2D eigenvalue weighted by molar-refractivity contribution is 6.65. The van der Waals surface area contributed by atoms with Gasteiger partial charge in [-0.05, 0) is 26.2 Å². The van der Waals surface area contributed by atoms with E-state index in [0.717, 1.165) is 0 Å². The van der Waals surface area contributed by atoms with Gasteiger partial charge >= 0.3 is 0 Å². The third kappa shape index (κ3) is 2.42. The van der Waals surface area contributed by atoms with Crippen LogP contribution in [0.4, 0.5) is 0 Å². The zero-order chi connectivity index (χ0) is 16.3. The first-order valence-corrected chi connectivity index (χ1v) is 8.58. The van der Waals surface area contributed by atoms with Gasteiger partial charge in [0.2, 0.25) is 0 Å². The maximum Gasteiger partial charge on any atom is 0.166 e. The fourth-order valence-corrected chi connectivity index (χ4v) is 5.53. The number of alkyl halides is 4. The molecule has 0 N–H and O–H groups in total. The highest BCUT2D eigenvalue weighted by Crippen LogP contribution is 2.74. The molecule has 0 heterocycles. The van der Waals surface area contributed by atoms with Gasteiger partial charge in [0.1, 0.15) is 15.3 Å². The first-order valence-electron chi connectivity index (χ1n) is 6.31. The van der Waals surface area contributed by atoms with Crippen LogP contribution in [0.25, 0.3) is 0 Å². The molecular weight excluding hydrogens is 397 g/mol. The molecule has 118 valence electrons. The second-order valence-electron chi connectivity index (χ2n) is 5.84. The van der Waals surface area contributed by atoms with Gasteiger partial charge in [0, 0.05) is 13.5 Å². The summed E-state index contributed by atoms with van der Waals surface area (Å²) >= 11 is 38.4. The van der Waals surface area contributed by atoms with Crippen molar-refractivity contribution in [3.63, 3.8) is 0 Å². The molecule has 0 aromatic heterocycles. The Balaban J connectivity index is 2.31.